The van der Waals surface area contributed by atoms with Crippen LogP contribution in [-0.4, -0.2) is 19.3 Å². The summed E-state index contributed by atoms with van der Waals surface area (Å²) in [6.07, 6.45) is 11.7. The van der Waals surface area contributed by atoms with Crippen molar-refractivity contribution in [1.82, 2.24) is 0 Å². The molecule has 2 heteroatoms. The first kappa shape index (κ1) is 15.9. The van der Waals surface area contributed by atoms with Gasteiger partial charge in [-0.05, 0) is 12.8 Å². The van der Waals surface area contributed by atoms with Gasteiger partial charge in [0.2, 0.25) is 0 Å². The minimum atomic E-state index is 0.233. The smallest absolute Gasteiger partial charge is 0.0722 e. The largest absolute Gasteiger partial charge is 0.380 e. The second-order valence-electron chi connectivity index (χ2n) is 4.78. The summed E-state index contributed by atoms with van der Waals surface area (Å²) < 4.78 is 5.42. The van der Waals surface area contributed by atoms with Crippen molar-refractivity contribution in [3.8, 4) is 0 Å². The van der Waals surface area contributed by atoms with Crippen molar-refractivity contribution in [1.29, 1.82) is 0 Å². The van der Waals surface area contributed by atoms with Crippen LogP contribution in [0.15, 0.2) is 0 Å². The maximum Gasteiger partial charge on any atom is 0.0722 e. The fourth-order valence-corrected chi connectivity index (χ4v) is 2.14. The molecule has 0 aromatic rings. The molecule has 0 heterocycles. The third kappa shape index (κ3) is 8.12. The Bertz CT molecular complexity index is 139. The third-order valence-electron chi connectivity index (χ3n) is 3.24. The SMILES string of the molecule is CCCCCCCCC(N)C(CCC)OC. The molecular weight excluding hydrogens is 198 g/mol. The van der Waals surface area contributed by atoms with Crippen LogP contribution < -0.4 is 5.73 Å². The van der Waals surface area contributed by atoms with Crippen LogP contribution >= 0.6 is 0 Å². The first-order valence-electron chi connectivity index (χ1n) is 7.04. The Hall–Kier alpha value is -0.0800. The molecule has 16 heavy (non-hydrogen) atoms. The molecule has 0 fully saturated rings. The number of methoxy groups -OCH3 is 1. The number of ether oxygens (including phenoxy) is 1. The second-order valence-corrected chi connectivity index (χ2v) is 4.78. The zero-order valence-electron chi connectivity index (χ0n) is 11.5. The number of nitrogens with two attached hydrogens (primary N) is 1. The van der Waals surface area contributed by atoms with Crippen molar-refractivity contribution in [3.63, 3.8) is 0 Å². The summed E-state index contributed by atoms with van der Waals surface area (Å²) in [7, 11) is 1.78. The lowest BCUT2D eigenvalue weighted by molar-refractivity contribution is 0.0694. The lowest BCUT2D eigenvalue weighted by atomic mass is 10.00. The fourth-order valence-electron chi connectivity index (χ4n) is 2.14. The quantitative estimate of drug-likeness (QED) is 0.546. The van der Waals surface area contributed by atoms with Gasteiger partial charge in [-0.15, -0.1) is 0 Å². The molecule has 0 saturated heterocycles. The van der Waals surface area contributed by atoms with Gasteiger partial charge < -0.3 is 10.5 Å². The van der Waals surface area contributed by atoms with E-state index in [0.717, 1.165) is 19.3 Å². The van der Waals surface area contributed by atoms with E-state index in [1.165, 1.54) is 38.5 Å². The van der Waals surface area contributed by atoms with E-state index in [-0.39, 0.29) is 12.1 Å². The molecule has 98 valence electrons. The van der Waals surface area contributed by atoms with Crippen LogP contribution in [0.5, 0.6) is 0 Å². The normalized spacial score (nSPS) is 15.0. The summed E-state index contributed by atoms with van der Waals surface area (Å²) in [5, 5.41) is 0. The molecule has 2 unspecified atom stereocenters. The summed E-state index contributed by atoms with van der Waals surface area (Å²) in [4.78, 5) is 0. The topological polar surface area (TPSA) is 35.2 Å². The summed E-state index contributed by atoms with van der Waals surface area (Å²) in [6.45, 7) is 4.44. The van der Waals surface area contributed by atoms with Gasteiger partial charge in [0, 0.05) is 13.2 Å². The highest BCUT2D eigenvalue weighted by Gasteiger charge is 2.15. The Kier molecular flexibility index (Phi) is 11.3. The molecule has 0 aliphatic rings. The van der Waals surface area contributed by atoms with Crippen molar-refractivity contribution < 1.29 is 4.74 Å². The maximum absolute atomic E-state index is 6.13. The van der Waals surface area contributed by atoms with Crippen LogP contribution in [0.25, 0.3) is 0 Å². The minimum Gasteiger partial charge on any atom is -0.380 e. The molecule has 0 radical (unpaired) electrons. The lowest BCUT2D eigenvalue weighted by Crippen LogP contribution is -2.35. The Morgan fingerprint density at radius 1 is 0.875 bits per heavy atom. The van der Waals surface area contributed by atoms with E-state index in [4.69, 9.17) is 10.5 Å². The molecule has 0 aromatic carbocycles. The van der Waals surface area contributed by atoms with Crippen molar-refractivity contribution in [2.45, 2.75) is 83.8 Å². The van der Waals surface area contributed by atoms with Gasteiger partial charge in [-0.25, -0.2) is 0 Å². The van der Waals surface area contributed by atoms with Crippen LogP contribution in [0.1, 0.15) is 71.6 Å². The monoisotopic (exact) mass is 229 g/mol. The second kappa shape index (κ2) is 11.4. The Labute approximate surface area is 102 Å². The minimum absolute atomic E-state index is 0.233. The number of hydrogen-bond donors (Lipinski definition) is 1. The average molecular weight is 229 g/mol. The molecule has 0 aliphatic heterocycles. The zero-order valence-corrected chi connectivity index (χ0v) is 11.5. The van der Waals surface area contributed by atoms with Gasteiger partial charge in [-0.3, -0.25) is 0 Å². The average Bonchev–Trinajstić information content (AvgIpc) is 2.30. The van der Waals surface area contributed by atoms with Crippen LogP contribution in [0.4, 0.5) is 0 Å². The lowest BCUT2D eigenvalue weighted by Gasteiger charge is -2.22. The standard InChI is InChI=1S/C14H31NO/c1-4-6-7-8-9-10-12-13(15)14(16-3)11-5-2/h13-14H,4-12,15H2,1-3H3. The third-order valence-corrected chi connectivity index (χ3v) is 3.24. The van der Waals surface area contributed by atoms with E-state index in [9.17, 15) is 0 Å². The van der Waals surface area contributed by atoms with Crippen LogP contribution in [0.3, 0.4) is 0 Å². The zero-order chi connectivity index (χ0) is 12.2. The van der Waals surface area contributed by atoms with Gasteiger partial charge >= 0.3 is 0 Å². The first-order valence-corrected chi connectivity index (χ1v) is 7.04. The molecule has 2 N–H and O–H groups in total. The predicted molar refractivity (Wildman–Crippen MR) is 71.7 cm³/mol. The molecular formula is C14H31NO. The molecule has 0 aliphatic carbocycles. The Morgan fingerprint density at radius 3 is 2.06 bits per heavy atom. The highest BCUT2D eigenvalue weighted by molar-refractivity contribution is 4.72. The van der Waals surface area contributed by atoms with E-state index in [0.29, 0.717) is 0 Å². The summed E-state index contributed by atoms with van der Waals surface area (Å²) in [6, 6.07) is 0.233. The summed E-state index contributed by atoms with van der Waals surface area (Å²) in [5.74, 6) is 0. The number of hydrogen-bond acceptors (Lipinski definition) is 2. The maximum atomic E-state index is 6.13. The molecule has 2 atom stereocenters. The Balaban J connectivity index is 3.43. The molecule has 0 rings (SSSR count). The molecule has 0 amide bonds. The van der Waals surface area contributed by atoms with Crippen molar-refractivity contribution in [2.24, 2.45) is 5.73 Å². The van der Waals surface area contributed by atoms with E-state index in [1.807, 2.05) is 0 Å². The van der Waals surface area contributed by atoms with Gasteiger partial charge in [-0.2, -0.15) is 0 Å². The van der Waals surface area contributed by atoms with E-state index in [2.05, 4.69) is 13.8 Å². The number of rotatable bonds is 11. The van der Waals surface area contributed by atoms with Gasteiger partial charge in [0.15, 0.2) is 0 Å². The molecule has 2 nitrogen and oxygen atoms in total. The fraction of sp³-hybridized carbons (Fsp3) is 1.00. The van der Waals surface area contributed by atoms with Crippen LogP contribution in [0.2, 0.25) is 0 Å². The molecule has 0 saturated carbocycles. The van der Waals surface area contributed by atoms with Crippen molar-refractivity contribution >= 4 is 0 Å². The first-order chi connectivity index (χ1) is 7.76. The van der Waals surface area contributed by atoms with Gasteiger partial charge in [0.25, 0.3) is 0 Å². The highest BCUT2D eigenvalue weighted by Crippen LogP contribution is 2.13. The van der Waals surface area contributed by atoms with Gasteiger partial charge in [0.1, 0.15) is 0 Å². The van der Waals surface area contributed by atoms with E-state index >= 15 is 0 Å². The van der Waals surface area contributed by atoms with Gasteiger partial charge in [0.05, 0.1) is 6.10 Å². The molecule has 0 bridgehead atoms. The van der Waals surface area contributed by atoms with E-state index < -0.39 is 0 Å². The van der Waals surface area contributed by atoms with Crippen LogP contribution in [0, 0.1) is 0 Å². The van der Waals surface area contributed by atoms with Crippen LogP contribution in [-0.2, 0) is 4.74 Å². The van der Waals surface area contributed by atoms with Crippen molar-refractivity contribution in [3.05, 3.63) is 0 Å². The Morgan fingerprint density at radius 2 is 1.50 bits per heavy atom. The molecule has 0 spiro atoms. The highest BCUT2D eigenvalue weighted by atomic mass is 16.5. The van der Waals surface area contributed by atoms with E-state index in [1.54, 1.807) is 7.11 Å². The van der Waals surface area contributed by atoms with Crippen molar-refractivity contribution in [2.75, 3.05) is 7.11 Å². The number of unbranched alkanes of at least 4 members (excludes halogenated alkanes) is 5. The molecule has 0 aromatic heterocycles. The predicted octanol–water partition coefficient (Wildman–Crippen LogP) is 3.88. The summed E-state index contributed by atoms with van der Waals surface area (Å²) >= 11 is 0. The van der Waals surface area contributed by atoms with Gasteiger partial charge in [-0.1, -0.05) is 58.8 Å². The summed E-state index contributed by atoms with van der Waals surface area (Å²) in [5.41, 5.74) is 6.13.